The Hall–Kier alpha value is -2.24. The molecule has 6 heteroatoms. The quantitative estimate of drug-likeness (QED) is 0.665. The lowest BCUT2D eigenvalue weighted by Crippen LogP contribution is -2.22. The first kappa shape index (κ1) is 14.2. The lowest BCUT2D eigenvalue weighted by atomic mass is 10.1. The number of nitrogens with zero attached hydrogens (tertiary/aromatic N) is 1. The van der Waals surface area contributed by atoms with E-state index in [-0.39, 0.29) is 6.54 Å². The molecular formula is C14H18N2O4. The molecule has 0 spiro atoms. The van der Waals surface area contributed by atoms with E-state index in [0.29, 0.717) is 29.3 Å². The average Bonchev–Trinajstić information content (AvgIpc) is 2.66. The summed E-state index contributed by atoms with van der Waals surface area (Å²) in [6.45, 7) is 4.24. The zero-order valence-corrected chi connectivity index (χ0v) is 11.6. The van der Waals surface area contributed by atoms with Crippen molar-refractivity contribution < 1.29 is 13.9 Å². The molecule has 0 amide bonds. The number of hydrogen-bond acceptors (Lipinski definition) is 5. The van der Waals surface area contributed by atoms with Crippen LogP contribution >= 0.6 is 0 Å². The number of anilines is 1. The maximum atomic E-state index is 11.7. The number of ether oxygens (including phenoxy) is 1. The highest BCUT2D eigenvalue weighted by molar-refractivity contribution is 5.86. The van der Waals surface area contributed by atoms with Gasteiger partial charge in [-0.3, -0.25) is 9.36 Å². The van der Waals surface area contributed by atoms with Crippen LogP contribution in [0.25, 0.3) is 11.1 Å². The van der Waals surface area contributed by atoms with Crippen molar-refractivity contribution in [1.29, 1.82) is 0 Å². The predicted molar refractivity (Wildman–Crippen MR) is 75.3 cm³/mol. The topological polar surface area (TPSA) is 87.5 Å². The molecule has 0 aliphatic heterocycles. The van der Waals surface area contributed by atoms with Gasteiger partial charge in [0, 0.05) is 0 Å². The van der Waals surface area contributed by atoms with Gasteiger partial charge in [0.1, 0.15) is 12.1 Å². The van der Waals surface area contributed by atoms with Crippen LogP contribution in [0.4, 0.5) is 5.69 Å². The number of carbonyl (C=O) groups excluding carboxylic acids is 1. The molecule has 0 atom stereocenters. The maximum absolute atomic E-state index is 11.7. The fraction of sp³-hybridized carbons (Fsp3) is 0.429. The molecule has 2 rings (SSSR count). The Bertz CT molecular complexity index is 669. The number of carbonyl (C=O) groups is 1. The standard InChI is InChI=1S/C14H18N2O4/c1-9(2)6-7-19-12(17)8-16-13-10(15)4-3-5-11(13)20-14(16)18/h3-5,9H,6-8,15H2,1-2H3. The summed E-state index contributed by atoms with van der Waals surface area (Å²) in [6, 6.07) is 4.97. The normalized spacial score (nSPS) is 11.2. The van der Waals surface area contributed by atoms with E-state index in [1.165, 1.54) is 4.57 Å². The van der Waals surface area contributed by atoms with Gasteiger partial charge in [0.25, 0.3) is 0 Å². The molecule has 2 aromatic rings. The molecule has 6 nitrogen and oxygen atoms in total. The highest BCUT2D eigenvalue weighted by Crippen LogP contribution is 2.19. The van der Waals surface area contributed by atoms with Gasteiger partial charge in [-0.25, -0.2) is 4.79 Å². The minimum absolute atomic E-state index is 0.196. The summed E-state index contributed by atoms with van der Waals surface area (Å²) in [7, 11) is 0. The van der Waals surface area contributed by atoms with Gasteiger partial charge in [-0.05, 0) is 24.5 Å². The van der Waals surface area contributed by atoms with E-state index >= 15 is 0 Å². The summed E-state index contributed by atoms with van der Waals surface area (Å²) in [5, 5.41) is 0. The van der Waals surface area contributed by atoms with Crippen LogP contribution in [0.5, 0.6) is 0 Å². The Morgan fingerprint density at radius 2 is 2.20 bits per heavy atom. The van der Waals surface area contributed by atoms with Gasteiger partial charge in [0.2, 0.25) is 0 Å². The van der Waals surface area contributed by atoms with Crippen molar-refractivity contribution in [1.82, 2.24) is 4.57 Å². The third kappa shape index (κ3) is 3.01. The van der Waals surface area contributed by atoms with Crippen molar-refractivity contribution in [3.63, 3.8) is 0 Å². The second-order valence-corrected chi connectivity index (χ2v) is 5.05. The Balaban J connectivity index is 2.15. The van der Waals surface area contributed by atoms with Crippen LogP contribution in [0.2, 0.25) is 0 Å². The van der Waals surface area contributed by atoms with Crippen LogP contribution < -0.4 is 11.5 Å². The van der Waals surface area contributed by atoms with Crippen molar-refractivity contribution in [2.45, 2.75) is 26.8 Å². The molecule has 0 saturated carbocycles. The average molecular weight is 278 g/mol. The first-order valence-corrected chi connectivity index (χ1v) is 6.52. The van der Waals surface area contributed by atoms with Gasteiger partial charge in [-0.15, -0.1) is 0 Å². The molecule has 1 aromatic heterocycles. The van der Waals surface area contributed by atoms with Crippen molar-refractivity contribution in [3.05, 3.63) is 28.7 Å². The minimum Gasteiger partial charge on any atom is -0.464 e. The maximum Gasteiger partial charge on any atom is 0.420 e. The fourth-order valence-corrected chi connectivity index (χ4v) is 1.88. The second kappa shape index (κ2) is 5.81. The van der Waals surface area contributed by atoms with Gasteiger partial charge >= 0.3 is 11.7 Å². The molecule has 0 saturated heterocycles. The third-order valence-electron chi connectivity index (χ3n) is 2.96. The molecule has 0 aliphatic carbocycles. The number of fused-ring (bicyclic) bond motifs is 1. The van der Waals surface area contributed by atoms with E-state index in [2.05, 4.69) is 0 Å². The molecule has 0 fully saturated rings. The molecule has 0 aliphatic rings. The number of oxazole rings is 1. The number of hydrogen-bond donors (Lipinski definition) is 1. The number of nitrogen functional groups attached to an aromatic ring is 1. The van der Waals surface area contributed by atoms with Crippen molar-refractivity contribution in [2.24, 2.45) is 5.92 Å². The Morgan fingerprint density at radius 3 is 2.90 bits per heavy atom. The first-order valence-electron chi connectivity index (χ1n) is 6.52. The molecule has 0 unspecified atom stereocenters. The van der Waals surface area contributed by atoms with Crippen LogP contribution in [0.1, 0.15) is 20.3 Å². The predicted octanol–water partition coefficient (Wildman–Crippen LogP) is 1.77. The van der Waals surface area contributed by atoms with Crippen LogP contribution in [0.3, 0.4) is 0 Å². The Labute approximate surface area is 116 Å². The van der Waals surface area contributed by atoms with Crippen LogP contribution in [-0.4, -0.2) is 17.1 Å². The molecule has 20 heavy (non-hydrogen) atoms. The number of aromatic nitrogens is 1. The van der Waals surface area contributed by atoms with Crippen molar-refractivity contribution in [3.8, 4) is 0 Å². The molecule has 1 heterocycles. The summed E-state index contributed by atoms with van der Waals surface area (Å²) in [4.78, 5) is 23.5. The zero-order valence-electron chi connectivity index (χ0n) is 11.6. The number of para-hydroxylation sites is 1. The molecule has 2 N–H and O–H groups in total. The molecule has 0 bridgehead atoms. The number of benzene rings is 1. The fourth-order valence-electron chi connectivity index (χ4n) is 1.88. The van der Waals surface area contributed by atoms with E-state index in [1.807, 2.05) is 13.8 Å². The van der Waals surface area contributed by atoms with E-state index in [9.17, 15) is 9.59 Å². The zero-order chi connectivity index (χ0) is 14.7. The Kier molecular flexibility index (Phi) is 4.12. The molecular weight excluding hydrogens is 260 g/mol. The minimum atomic E-state index is -0.612. The summed E-state index contributed by atoms with van der Waals surface area (Å²) in [5.74, 6) is -0.631. The highest BCUT2D eigenvalue weighted by atomic mass is 16.5. The first-order chi connectivity index (χ1) is 9.49. The summed E-state index contributed by atoms with van der Waals surface area (Å²) in [6.07, 6.45) is 0.787. The monoisotopic (exact) mass is 278 g/mol. The third-order valence-corrected chi connectivity index (χ3v) is 2.96. The van der Waals surface area contributed by atoms with Gasteiger partial charge in [-0.2, -0.15) is 0 Å². The molecule has 0 radical (unpaired) electrons. The Morgan fingerprint density at radius 1 is 1.45 bits per heavy atom. The largest absolute Gasteiger partial charge is 0.464 e. The smallest absolute Gasteiger partial charge is 0.420 e. The SMILES string of the molecule is CC(C)CCOC(=O)Cn1c(=O)oc2cccc(N)c21. The summed E-state index contributed by atoms with van der Waals surface area (Å²) >= 11 is 0. The summed E-state index contributed by atoms with van der Waals surface area (Å²) in [5.41, 5.74) is 7.00. The summed E-state index contributed by atoms with van der Waals surface area (Å²) < 4.78 is 11.3. The number of esters is 1. The van der Waals surface area contributed by atoms with Gasteiger partial charge in [0.15, 0.2) is 5.58 Å². The van der Waals surface area contributed by atoms with Crippen molar-refractivity contribution >= 4 is 22.8 Å². The van der Waals surface area contributed by atoms with E-state index in [1.54, 1.807) is 18.2 Å². The molecule has 1 aromatic carbocycles. The number of rotatable bonds is 5. The van der Waals surface area contributed by atoms with Crippen molar-refractivity contribution in [2.75, 3.05) is 12.3 Å². The van der Waals surface area contributed by atoms with E-state index in [4.69, 9.17) is 14.9 Å². The molecule has 108 valence electrons. The van der Waals surface area contributed by atoms with Gasteiger partial charge in [0.05, 0.1) is 12.3 Å². The van der Waals surface area contributed by atoms with E-state index in [0.717, 1.165) is 6.42 Å². The van der Waals surface area contributed by atoms with Gasteiger partial charge < -0.3 is 14.9 Å². The second-order valence-electron chi connectivity index (χ2n) is 5.05. The lowest BCUT2D eigenvalue weighted by Gasteiger charge is -2.07. The highest BCUT2D eigenvalue weighted by Gasteiger charge is 2.15. The van der Waals surface area contributed by atoms with Crippen LogP contribution in [-0.2, 0) is 16.1 Å². The van der Waals surface area contributed by atoms with Crippen LogP contribution in [0.15, 0.2) is 27.4 Å². The van der Waals surface area contributed by atoms with Crippen LogP contribution in [0, 0.1) is 5.92 Å². The number of nitrogens with two attached hydrogens (primary N) is 1. The van der Waals surface area contributed by atoms with Gasteiger partial charge in [-0.1, -0.05) is 19.9 Å². The van der Waals surface area contributed by atoms with E-state index < -0.39 is 11.7 Å². The lowest BCUT2D eigenvalue weighted by molar-refractivity contribution is -0.144.